The molecule has 2 unspecified atom stereocenters. The third-order valence-corrected chi connectivity index (χ3v) is 2.65. The molecule has 0 saturated heterocycles. The van der Waals surface area contributed by atoms with Gasteiger partial charge >= 0.3 is 7.82 Å². The van der Waals surface area contributed by atoms with Crippen LogP contribution in [0.3, 0.4) is 0 Å². The van der Waals surface area contributed by atoms with Crippen LogP contribution < -0.4 is 15.2 Å². The maximum atomic E-state index is 11.3. The van der Waals surface area contributed by atoms with Crippen molar-refractivity contribution in [1.29, 1.82) is 0 Å². The van der Waals surface area contributed by atoms with E-state index in [4.69, 9.17) is 10.3 Å². The zero-order chi connectivity index (χ0) is 11.3. The number of hydrogen-bond donors (Lipinski definition) is 1. The number of rotatable bonds is 5. The second-order valence-corrected chi connectivity index (χ2v) is 4.29. The van der Waals surface area contributed by atoms with Gasteiger partial charge in [-0.25, -0.2) is 0 Å². The van der Waals surface area contributed by atoms with Gasteiger partial charge < -0.3 is 19.7 Å². The van der Waals surface area contributed by atoms with E-state index in [1.54, 1.807) is 25.1 Å². The molecule has 0 aliphatic rings. The van der Waals surface area contributed by atoms with Crippen molar-refractivity contribution in [1.82, 2.24) is 0 Å². The Labute approximate surface area is 88.4 Å². The number of para-hydroxylation sites is 1. The summed E-state index contributed by atoms with van der Waals surface area (Å²) in [4.78, 5) is 11.3. The highest BCUT2D eigenvalue weighted by Gasteiger charge is 2.14. The van der Waals surface area contributed by atoms with E-state index in [0.717, 1.165) is 0 Å². The van der Waals surface area contributed by atoms with E-state index in [1.165, 1.54) is 12.1 Å². The Hall–Kier alpha value is -0.870. The van der Waals surface area contributed by atoms with Gasteiger partial charge in [0.25, 0.3) is 0 Å². The van der Waals surface area contributed by atoms with Gasteiger partial charge in [-0.1, -0.05) is 18.2 Å². The van der Waals surface area contributed by atoms with Crippen LogP contribution in [0.2, 0.25) is 0 Å². The smallest absolute Gasteiger partial charge is 0.320 e. The highest BCUT2D eigenvalue weighted by molar-refractivity contribution is 7.46. The molecule has 2 atom stereocenters. The Morgan fingerprint density at radius 1 is 1.47 bits per heavy atom. The lowest BCUT2D eigenvalue weighted by Crippen LogP contribution is -2.23. The first-order valence-corrected chi connectivity index (χ1v) is 5.94. The fourth-order valence-electron chi connectivity index (χ4n) is 0.895. The lowest BCUT2D eigenvalue weighted by Gasteiger charge is -2.25. The van der Waals surface area contributed by atoms with Gasteiger partial charge in [0.2, 0.25) is 0 Å². The first-order valence-electron chi connectivity index (χ1n) is 4.47. The van der Waals surface area contributed by atoms with Gasteiger partial charge in [0.1, 0.15) is 5.75 Å². The van der Waals surface area contributed by atoms with Crippen LogP contribution in [-0.4, -0.2) is 12.6 Å². The minimum absolute atomic E-state index is 0.115. The van der Waals surface area contributed by atoms with Gasteiger partial charge in [0.05, 0.1) is 6.10 Å². The molecule has 0 radical (unpaired) electrons. The van der Waals surface area contributed by atoms with Gasteiger partial charge in [0, 0.05) is 6.54 Å². The van der Waals surface area contributed by atoms with Crippen LogP contribution in [0.1, 0.15) is 6.92 Å². The summed E-state index contributed by atoms with van der Waals surface area (Å²) in [6.07, 6.45) is -0.586. The van der Waals surface area contributed by atoms with Crippen molar-refractivity contribution >= 4 is 7.82 Å². The van der Waals surface area contributed by atoms with E-state index in [1.807, 2.05) is 0 Å². The minimum Gasteiger partial charge on any atom is -0.746 e. The van der Waals surface area contributed by atoms with E-state index in [9.17, 15) is 9.46 Å². The van der Waals surface area contributed by atoms with Crippen molar-refractivity contribution in [3.05, 3.63) is 30.3 Å². The Bertz CT molecular complexity index is 343. The zero-order valence-corrected chi connectivity index (χ0v) is 9.22. The Morgan fingerprint density at radius 3 is 2.60 bits per heavy atom. The van der Waals surface area contributed by atoms with Crippen molar-refractivity contribution in [2.75, 3.05) is 6.54 Å². The molecular weight excluding hydrogens is 217 g/mol. The quantitative estimate of drug-likeness (QED) is 0.759. The largest absolute Gasteiger partial charge is 0.746 e. The molecule has 5 nitrogen and oxygen atoms in total. The maximum absolute atomic E-state index is 11.3. The summed E-state index contributed by atoms with van der Waals surface area (Å²) in [6, 6.07) is 8.15. The van der Waals surface area contributed by atoms with E-state index >= 15 is 0 Å². The molecule has 0 heterocycles. The molecule has 0 aromatic heterocycles. The molecule has 1 rings (SSSR count). The number of phosphoric acid groups is 1. The third kappa shape index (κ3) is 4.44. The fraction of sp³-hybridized carbons (Fsp3) is 0.333. The number of phosphoric ester groups is 1. The van der Waals surface area contributed by atoms with Crippen LogP contribution in [0.15, 0.2) is 30.3 Å². The summed E-state index contributed by atoms with van der Waals surface area (Å²) in [5.74, 6) is 0.222. The highest BCUT2D eigenvalue weighted by atomic mass is 31.2. The summed E-state index contributed by atoms with van der Waals surface area (Å²) < 4.78 is 20.6. The predicted molar refractivity (Wildman–Crippen MR) is 54.3 cm³/mol. The van der Waals surface area contributed by atoms with Crippen molar-refractivity contribution in [2.24, 2.45) is 5.73 Å². The van der Waals surface area contributed by atoms with Crippen LogP contribution >= 0.6 is 7.82 Å². The van der Waals surface area contributed by atoms with E-state index in [0.29, 0.717) is 0 Å². The average Bonchev–Trinajstić information content (AvgIpc) is 2.17. The second kappa shape index (κ2) is 5.28. The van der Waals surface area contributed by atoms with Crippen molar-refractivity contribution < 1.29 is 18.5 Å². The lowest BCUT2D eigenvalue weighted by atomic mass is 10.3. The highest BCUT2D eigenvalue weighted by Crippen LogP contribution is 2.40. The van der Waals surface area contributed by atoms with Gasteiger partial charge in [-0.05, 0) is 19.1 Å². The molecule has 0 spiro atoms. The summed E-state index contributed by atoms with van der Waals surface area (Å²) in [5, 5.41) is 0. The molecule has 6 heteroatoms. The number of hydrogen-bond acceptors (Lipinski definition) is 5. The van der Waals surface area contributed by atoms with Crippen LogP contribution in [0, 0.1) is 0 Å². The predicted octanol–water partition coefficient (Wildman–Crippen LogP) is 0.898. The summed E-state index contributed by atoms with van der Waals surface area (Å²) in [5.41, 5.74) is 5.23. The van der Waals surface area contributed by atoms with E-state index < -0.39 is 13.9 Å². The first-order chi connectivity index (χ1) is 7.03. The molecule has 0 amide bonds. The fourth-order valence-corrected chi connectivity index (χ4v) is 1.85. The van der Waals surface area contributed by atoms with Crippen LogP contribution in [0.4, 0.5) is 0 Å². The lowest BCUT2D eigenvalue weighted by molar-refractivity contribution is -0.220. The third-order valence-electron chi connectivity index (χ3n) is 1.60. The van der Waals surface area contributed by atoms with Gasteiger partial charge in [0.15, 0.2) is 0 Å². The molecule has 0 aliphatic carbocycles. The molecule has 0 fully saturated rings. The molecular formula is C9H13NO4P-. The molecule has 1 aromatic rings. The van der Waals surface area contributed by atoms with E-state index in [2.05, 4.69) is 4.52 Å². The Balaban J connectivity index is 2.61. The summed E-state index contributed by atoms with van der Waals surface area (Å²) in [6.45, 7) is 1.67. The monoisotopic (exact) mass is 230 g/mol. The average molecular weight is 230 g/mol. The molecule has 0 saturated carbocycles. The van der Waals surface area contributed by atoms with Crippen LogP contribution in [-0.2, 0) is 9.09 Å². The molecule has 0 aliphatic heterocycles. The van der Waals surface area contributed by atoms with Gasteiger partial charge in [-0.3, -0.25) is 4.57 Å². The first kappa shape index (κ1) is 12.2. The second-order valence-electron chi connectivity index (χ2n) is 3.00. The zero-order valence-electron chi connectivity index (χ0n) is 8.33. The summed E-state index contributed by atoms with van der Waals surface area (Å²) in [7, 11) is -4.32. The number of benzene rings is 1. The SMILES string of the molecule is CC(CN)OP(=O)([O-])Oc1ccccc1. The van der Waals surface area contributed by atoms with Crippen molar-refractivity contribution in [3.63, 3.8) is 0 Å². The molecule has 0 bridgehead atoms. The molecule has 84 valence electrons. The molecule has 15 heavy (non-hydrogen) atoms. The standard InChI is InChI=1S/C9H14NO4P/c1-8(7-10)13-15(11,12)14-9-5-3-2-4-6-9/h2-6,8H,7,10H2,1H3,(H,11,12)/p-1. The normalized spacial score (nSPS) is 16.7. The topological polar surface area (TPSA) is 84.6 Å². The summed E-state index contributed by atoms with van der Waals surface area (Å²) >= 11 is 0. The van der Waals surface area contributed by atoms with E-state index in [-0.39, 0.29) is 12.3 Å². The molecule has 1 aromatic carbocycles. The molecule has 2 N–H and O–H groups in total. The van der Waals surface area contributed by atoms with Crippen LogP contribution in [0.5, 0.6) is 5.75 Å². The van der Waals surface area contributed by atoms with Crippen molar-refractivity contribution in [3.8, 4) is 5.75 Å². The van der Waals surface area contributed by atoms with Crippen LogP contribution in [0.25, 0.3) is 0 Å². The Morgan fingerprint density at radius 2 is 2.07 bits per heavy atom. The van der Waals surface area contributed by atoms with Gasteiger partial charge in [-0.2, -0.15) is 0 Å². The maximum Gasteiger partial charge on any atom is 0.320 e. The number of nitrogens with two attached hydrogens (primary N) is 1. The van der Waals surface area contributed by atoms with Crippen molar-refractivity contribution in [2.45, 2.75) is 13.0 Å². The Kier molecular flexibility index (Phi) is 4.29. The minimum atomic E-state index is -4.32. The van der Waals surface area contributed by atoms with Gasteiger partial charge in [-0.15, -0.1) is 0 Å².